The highest BCUT2D eigenvalue weighted by molar-refractivity contribution is 5.83. The Morgan fingerprint density at radius 1 is 0.739 bits per heavy atom. The second kappa shape index (κ2) is 6.93. The number of hydrogen-bond acceptors (Lipinski definition) is 2. The molecular formula is C21H20N2. The number of para-hydroxylation sites is 1. The van der Waals surface area contributed by atoms with E-state index in [9.17, 15) is 0 Å². The molecule has 0 spiro atoms. The maximum absolute atomic E-state index is 4.30. The van der Waals surface area contributed by atoms with E-state index in [4.69, 9.17) is 0 Å². The van der Waals surface area contributed by atoms with Gasteiger partial charge in [0.2, 0.25) is 0 Å². The first kappa shape index (κ1) is 15.0. The van der Waals surface area contributed by atoms with Crippen LogP contribution in [0.1, 0.15) is 16.7 Å². The van der Waals surface area contributed by atoms with E-state index in [1.807, 2.05) is 36.5 Å². The van der Waals surface area contributed by atoms with Crippen molar-refractivity contribution in [1.82, 2.24) is 0 Å². The zero-order valence-electron chi connectivity index (χ0n) is 13.5. The fourth-order valence-corrected chi connectivity index (χ4v) is 2.41. The van der Waals surface area contributed by atoms with Gasteiger partial charge in [-0.3, -0.25) is 5.43 Å². The van der Waals surface area contributed by atoms with Gasteiger partial charge in [-0.15, -0.1) is 0 Å². The summed E-state index contributed by atoms with van der Waals surface area (Å²) < 4.78 is 0. The predicted octanol–water partition coefficient (Wildman–Crippen LogP) is 5.42. The van der Waals surface area contributed by atoms with E-state index >= 15 is 0 Å². The standard InChI is InChI=1S/C21H20N2/c1-16-11-12-20(13-17(16)2)19-8-6-7-18(14-19)15-22-23-21-9-4-3-5-10-21/h3-15,23H,1-2H3. The first-order valence-corrected chi connectivity index (χ1v) is 7.74. The smallest absolute Gasteiger partial charge is 0.0561 e. The van der Waals surface area contributed by atoms with Crippen molar-refractivity contribution in [3.8, 4) is 11.1 Å². The Bertz CT molecular complexity index is 820. The Labute approximate surface area is 137 Å². The third-order valence-electron chi connectivity index (χ3n) is 3.91. The van der Waals surface area contributed by atoms with Gasteiger partial charge in [0.25, 0.3) is 0 Å². The molecule has 0 aliphatic rings. The molecule has 3 aromatic carbocycles. The fourth-order valence-electron chi connectivity index (χ4n) is 2.41. The SMILES string of the molecule is Cc1ccc(-c2cccc(C=NNc3ccccc3)c2)cc1C. The van der Waals surface area contributed by atoms with E-state index in [2.05, 4.69) is 66.8 Å². The molecule has 0 aliphatic heterocycles. The van der Waals surface area contributed by atoms with Crippen molar-refractivity contribution >= 4 is 11.9 Å². The fraction of sp³-hybridized carbons (Fsp3) is 0.0952. The molecule has 0 aromatic heterocycles. The van der Waals surface area contributed by atoms with E-state index < -0.39 is 0 Å². The summed E-state index contributed by atoms with van der Waals surface area (Å²) in [5.41, 5.74) is 10.2. The number of anilines is 1. The summed E-state index contributed by atoms with van der Waals surface area (Å²) >= 11 is 0. The monoisotopic (exact) mass is 300 g/mol. The van der Waals surface area contributed by atoms with Crippen LogP contribution in [0.2, 0.25) is 0 Å². The van der Waals surface area contributed by atoms with Gasteiger partial charge in [-0.2, -0.15) is 5.10 Å². The van der Waals surface area contributed by atoms with Gasteiger partial charge in [-0.25, -0.2) is 0 Å². The van der Waals surface area contributed by atoms with Gasteiger partial charge in [0.05, 0.1) is 11.9 Å². The molecule has 0 heterocycles. The van der Waals surface area contributed by atoms with Crippen LogP contribution < -0.4 is 5.43 Å². The lowest BCUT2D eigenvalue weighted by Gasteiger charge is -2.06. The van der Waals surface area contributed by atoms with Gasteiger partial charge >= 0.3 is 0 Å². The molecule has 3 rings (SSSR count). The van der Waals surface area contributed by atoms with Crippen molar-refractivity contribution in [2.45, 2.75) is 13.8 Å². The van der Waals surface area contributed by atoms with Crippen LogP contribution in [-0.2, 0) is 0 Å². The number of hydrazone groups is 1. The number of aryl methyl sites for hydroxylation is 2. The van der Waals surface area contributed by atoms with Crippen LogP contribution in [0.15, 0.2) is 77.9 Å². The van der Waals surface area contributed by atoms with Crippen LogP contribution in [-0.4, -0.2) is 6.21 Å². The first-order chi connectivity index (χ1) is 11.2. The highest BCUT2D eigenvalue weighted by Gasteiger charge is 2.00. The second-order valence-corrected chi connectivity index (χ2v) is 5.66. The molecule has 0 radical (unpaired) electrons. The predicted molar refractivity (Wildman–Crippen MR) is 99.0 cm³/mol. The van der Waals surface area contributed by atoms with Gasteiger partial charge in [-0.1, -0.05) is 54.6 Å². The molecule has 0 saturated carbocycles. The van der Waals surface area contributed by atoms with Crippen LogP contribution in [0, 0.1) is 13.8 Å². The molecule has 0 atom stereocenters. The minimum absolute atomic E-state index is 0.981. The number of nitrogens with zero attached hydrogens (tertiary/aromatic N) is 1. The second-order valence-electron chi connectivity index (χ2n) is 5.66. The average molecular weight is 300 g/mol. The van der Waals surface area contributed by atoms with Crippen molar-refractivity contribution in [2.24, 2.45) is 5.10 Å². The molecule has 1 N–H and O–H groups in total. The molecule has 114 valence electrons. The molecule has 0 saturated heterocycles. The summed E-state index contributed by atoms with van der Waals surface area (Å²) in [6, 6.07) is 24.9. The molecule has 0 bridgehead atoms. The highest BCUT2D eigenvalue weighted by Crippen LogP contribution is 2.22. The Morgan fingerprint density at radius 3 is 2.30 bits per heavy atom. The lowest BCUT2D eigenvalue weighted by atomic mass is 9.99. The molecule has 23 heavy (non-hydrogen) atoms. The zero-order chi connectivity index (χ0) is 16.1. The quantitative estimate of drug-likeness (QED) is 0.505. The minimum Gasteiger partial charge on any atom is -0.279 e. The van der Waals surface area contributed by atoms with Gasteiger partial charge in [0.1, 0.15) is 0 Å². The summed E-state index contributed by atoms with van der Waals surface area (Å²) in [7, 11) is 0. The van der Waals surface area contributed by atoms with E-state index in [-0.39, 0.29) is 0 Å². The number of nitrogens with one attached hydrogen (secondary N) is 1. The Morgan fingerprint density at radius 2 is 1.52 bits per heavy atom. The number of rotatable bonds is 4. The van der Waals surface area contributed by atoms with Gasteiger partial charge in [0, 0.05) is 0 Å². The summed E-state index contributed by atoms with van der Waals surface area (Å²) in [6.45, 7) is 4.28. The van der Waals surface area contributed by atoms with Crippen LogP contribution in [0.5, 0.6) is 0 Å². The highest BCUT2D eigenvalue weighted by atomic mass is 15.3. The molecule has 0 aliphatic carbocycles. The maximum atomic E-state index is 4.30. The van der Waals surface area contributed by atoms with Crippen molar-refractivity contribution in [2.75, 3.05) is 5.43 Å². The Balaban J connectivity index is 1.78. The van der Waals surface area contributed by atoms with E-state index in [0.717, 1.165) is 11.3 Å². The largest absolute Gasteiger partial charge is 0.279 e. The van der Waals surface area contributed by atoms with Gasteiger partial charge in [-0.05, 0) is 59.9 Å². The van der Waals surface area contributed by atoms with Crippen molar-refractivity contribution in [1.29, 1.82) is 0 Å². The number of benzene rings is 3. The third kappa shape index (κ3) is 3.86. The molecule has 2 heteroatoms. The van der Waals surface area contributed by atoms with Crippen molar-refractivity contribution < 1.29 is 0 Å². The van der Waals surface area contributed by atoms with Crippen LogP contribution in [0.4, 0.5) is 5.69 Å². The lowest BCUT2D eigenvalue weighted by Crippen LogP contribution is -1.91. The van der Waals surface area contributed by atoms with E-state index in [0.29, 0.717) is 0 Å². The summed E-state index contributed by atoms with van der Waals surface area (Å²) in [5, 5.41) is 4.30. The maximum Gasteiger partial charge on any atom is 0.0561 e. The zero-order valence-corrected chi connectivity index (χ0v) is 13.5. The Kier molecular flexibility index (Phi) is 4.53. The third-order valence-corrected chi connectivity index (χ3v) is 3.91. The van der Waals surface area contributed by atoms with Crippen molar-refractivity contribution in [3.63, 3.8) is 0 Å². The van der Waals surface area contributed by atoms with Crippen LogP contribution in [0.25, 0.3) is 11.1 Å². The number of hydrogen-bond donors (Lipinski definition) is 1. The van der Waals surface area contributed by atoms with Crippen LogP contribution in [0.3, 0.4) is 0 Å². The first-order valence-electron chi connectivity index (χ1n) is 7.74. The molecule has 0 amide bonds. The van der Waals surface area contributed by atoms with E-state index in [1.165, 1.54) is 22.3 Å². The normalized spacial score (nSPS) is 10.9. The summed E-state index contributed by atoms with van der Waals surface area (Å²) in [5.74, 6) is 0. The molecule has 2 nitrogen and oxygen atoms in total. The molecule has 0 fully saturated rings. The summed E-state index contributed by atoms with van der Waals surface area (Å²) in [4.78, 5) is 0. The Hall–Kier alpha value is -2.87. The molecule has 3 aromatic rings. The lowest BCUT2D eigenvalue weighted by molar-refractivity contribution is 1.34. The molecular weight excluding hydrogens is 280 g/mol. The topological polar surface area (TPSA) is 24.4 Å². The van der Waals surface area contributed by atoms with Gasteiger partial charge in [0.15, 0.2) is 0 Å². The minimum atomic E-state index is 0.981. The average Bonchev–Trinajstić information content (AvgIpc) is 2.59. The summed E-state index contributed by atoms with van der Waals surface area (Å²) in [6.07, 6.45) is 1.84. The van der Waals surface area contributed by atoms with Gasteiger partial charge < -0.3 is 0 Å². The van der Waals surface area contributed by atoms with Crippen LogP contribution >= 0.6 is 0 Å². The molecule has 0 unspecified atom stereocenters. The van der Waals surface area contributed by atoms with Crippen molar-refractivity contribution in [3.05, 3.63) is 89.5 Å². The van der Waals surface area contributed by atoms with E-state index in [1.54, 1.807) is 0 Å².